The van der Waals surface area contributed by atoms with Gasteiger partial charge in [0, 0.05) is 36.2 Å². The standard InChI is InChI=1S/C20H15N5O4/c1-29-18-8-7-15(25(27)28)9-17(18)22-20(26)14-11-21-19-10-16(23-24(19)12-14)13-5-3-2-4-6-13/h2-12H,1H3,(H,22,26). The summed E-state index contributed by atoms with van der Waals surface area (Å²) in [5, 5.41) is 18.1. The van der Waals surface area contributed by atoms with Gasteiger partial charge in [0.15, 0.2) is 5.65 Å². The number of hydrogen-bond acceptors (Lipinski definition) is 6. The number of nitrogens with zero attached hydrogens (tertiary/aromatic N) is 4. The van der Waals surface area contributed by atoms with Crippen molar-refractivity contribution in [2.24, 2.45) is 0 Å². The summed E-state index contributed by atoms with van der Waals surface area (Å²) in [4.78, 5) is 27.4. The van der Waals surface area contributed by atoms with Crippen LogP contribution < -0.4 is 10.1 Å². The molecule has 0 aliphatic carbocycles. The first-order chi connectivity index (χ1) is 14.0. The second-order valence-electron chi connectivity index (χ2n) is 6.14. The second kappa shape index (κ2) is 7.39. The van der Waals surface area contributed by atoms with Crippen LogP contribution in [0.5, 0.6) is 5.75 Å². The summed E-state index contributed by atoms with van der Waals surface area (Å²) in [6.45, 7) is 0. The smallest absolute Gasteiger partial charge is 0.271 e. The number of ether oxygens (including phenoxy) is 1. The molecule has 0 spiro atoms. The monoisotopic (exact) mass is 389 g/mol. The number of nitro benzene ring substituents is 1. The van der Waals surface area contributed by atoms with Crippen LogP contribution in [0.15, 0.2) is 67.0 Å². The molecule has 0 saturated heterocycles. The summed E-state index contributed by atoms with van der Waals surface area (Å²) in [5.41, 5.74) is 2.54. The van der Waals surface area contributed by atoms with Crippen molar-refractivity contribution in [2.75, 3.05) is 12.4 Å². The van der Waals surface area contributed by atoms with Gasteiger partial charge >= 0.3 is 0 Å². The molecule has 9 heteroatoms. The molecule has 0 aliphatic rings. The Hall–Kier alpha value is -4.27. The van der Waals surface area contributed by atoms with E-state index in [-0.39, 0.29) is 16.9 Å². The number of nitrogens with one attached hydrogen (secondary N) is 1. The van der Waals surface area contributed by atoms with Crippen LogP contribution in [0.2, 0.25) is 0 Å². The van der Waals surface area contributed by atoms with E-state index in [0.717, 1.165) is 11.3 Å². The second-order valence-corrected chi connectivity index (χ2v) is 6.14. The van der Waals surface area contributed by atoms with Crippen LogP contribution >= 0.6 is 0 Å². The Balaban J connectivity index is 1.64. The quantitative estimate of drug-likeness (QED) is 0.413. The van der Waals surface area contributed by atoms with Gasteiger partial charge in [-0.25, -0.2) is 9.50 Å². The summed E-state index contributed by atoms with van der Waals surface area (Å²) >= 11 is 0. The van der Waals surface area contributed by atoms with Crippen molar-refractivity contribution in [1.29, 1.82) is 0 Å². The number of benzene rings is 2. The highest BCUT2D eigenvalue weighted by Gasteiger charge is 2.16. The lowest BCUT2D eigenvalue weighted by molar-refractivity contribution is -0.384. The predicted molar refractivity (Wildman–Crippen MR) is 106 cm³/mol. The molecule has 0 fully saturated rings. The average molecular weight is 389 g/mol. The number of non-ortho nitro benzene ring substituents is 1. The Morgan fingerprint density at radius 2 is 1.97 bits per heavy atom. The first kappa shape index (κ1) is 18.1. The Morgan fingerprint density at radius 3 is 2.69 bits per heavy atom. The van der Waals surface area contributed by atoms with Gasteiger partial charge in [-0.1, -0.05) is 30.3 Å². The molecular formula is C20H15N5O4. The van der Waals surface area contributed by atoms with Crippen molar-refractivity contribution in [3.8, 4) is 17.0 Å². The van der Waals surface area contributed by atoms with E-state index in [1.807, 2.05) is 36.4 Å². The number of carbonyl (C=O) groups excluding carboxylic acids is 1. The molecule has 29 heavy (non-hydrogen) atoms. The molecule has 0 saturated carbocycles. The molecule has 1 amide bonds. The number of nitro groups is 1. The zero-order valence-corrected chi connectivity index (χ0v) is 15.3. The van der Waals surface area contributed by atoms with Crippen LogP contribution in [0.4, 0.5) is 11.4 Å². The van der Waals surface area contributed by atoms with Gasteiger partial charge in [0.05, 0.1) is 29.0 Å². The minimum atomic E-state index is -0.544. The maximum absolute atomic E-state index is 12.7. The lowest BCUT2D eigenvalue weighted by atomic mass is 10.2. The van der Waals surface area contributed by atoms with Gasteiger partial charge in [-0.05, 0) is 6.07 Å². The highest BCUT2D eigenvalue weighted by Crippen LogP contribution is 2.29. The Kier molecular flexibility index (Phi) is 4.62. The molecular weight excluding hydrogens is 374 g/mol. The number of aromatic nitrogens is 3. The molecule has 2 heterocycles. The Bertz CT molecular complexity index is 1220. The fraction of sp³-hybridized carbons (Fsp3) is 0.0500. The van der Waals surface area contributed by atoms with Gasteiger partial charge in [-0.3, -0.25) is 14.9 Å². The van der Waals surface area contributed by atoms with E-state index in [0.29, 0.717) is 11.4 Å². The maximum atomic E-state index is 12.7. The van der Waals surface area contributed by atoms with Crippen LogP contribution in [-0.4, -0.2) is 32.5 Å². The fourth-order valence-electron chi connectivity index (χ4n) is 2.85. The summed E-state index contributed by atoms with van der Waals surface area (Å²) in [7, 11) is 1.42. The molecule has 4 rings (SSSR count). The number of amides is 1. The van der Waals surface area contributed by atoms with Crippen LogP contribution in [0, 0.1) is 10.1 Å². The number of anilines is 1. The van der Waals surface area contributed by atoms with Gasteiger partial charge in [-0.2, -0.15) is 5.10 Å². The van der Waals surface area contributed by atoms with Crippen molar-refractivity contribution >= 4 is 22.9 Å². The molecule has 2 aromatic carbocycles. The van der Waals surface area contributed by atoms with Gasteiger partial charge in [0.1, 0.15) is 5.75 Å². The topological polar surface area (TPSA) is 112 Å². The average Bonchev–Trinajstić information content (AvgIpc) is 3.17. The van der Waals surface area contributed by atoms with E-state index in [2.05, 4.69) is 15.4 Å². The summed E-state index contributed by atoms with van der Waals surface area (Å²) in [6.07, 6.45) is 2.97. The van der Waals surface area contributed by atoms with E-state index >= 15 is 0 Å². The molecule has 0 bridgehead atoms. The molecule has 9 nitrogen and oxygen atoms in total. The van der Waals surface area contributed by atoms with Gasteiger partial charge in [-0.15, -0.1) is 0 Å². The number of hydrogen-bond donors (Lipinski definition) is 1. The third kappa shape index (κ3) is 3.61. The molecule has 0 aliphatic heterocycles. The summed E-state index contributed by atoms with van der Waals surface area (Å²) in [5.74, 6) is -0.182. The first-order valence-corrected chi connectivity index (χ1v) is 8.60. The van der Waals surface area contributed by atoms with Crippen molar-refractivity contribution in [3.05, 3.63) is 82.7 Å². The normalized spacial score (nSPS) is 10.7. The highest BCUT2D eigenvalue weighted by atomic mass is 16.6. The summed E-state index contributed by atoms with van der Waals surface area (Å²) < 4.78 is 6.68. The van der Waals surface area contributed by atoms with Crippen molar-refractivity contribution in [3.63, 3.8) is 0 Å². The molecule has 4 aromatic rings. The van der Waals surface area contributed by atoms with Gasteiger partial charge < -0.3 is 10.1 Å². The van der Waals surface area contributed by atoms with E-state index < -0.39 is 10.8 Å². The molecule has 0 radical (unpaired) electrons. The zero-order chi connectivity index (χ0) is 20.4. The molecule has 2 aromatic heterocycles. The minimum absolute atomic E-state index is 0.158. The Labute approximate surface area is 164 Å². The maximum Gasteiger partial charge on any atom is 0.271 e. The van der Waals surface area contributed by atoms with Crippen LogP contribution in [-0.2, 0) is 0 Å². The van der Waals surface area contributed by atoms with E-state index in [9.17, 15) is 14.9 Å². The first-order valence-electron chi connectivity index (χ1n) is 8.60. The number of methoxy groups -OCH3 is 1. The number of rotatable bonds is 5. The van der Waals surface area contributed by atoms with E-state index in [1.165, 1.54) is 36.0 Å². The lowest BCUT2D eigenvalue weighted by Gasteiger charge is -2.10. The Morgan fingerprint density at radius 1 is 1.17 bits per heavy atom. The third-order valence-corrected chi connectivity index (χ3v) is 4.29. The van der Waals surface area contributed by atoms with Gasteiger partial charge in [0.2, 0.25) is 0 Å². The van der Waals surface area contributed by atoms with Crippen molar-refractivity contribution < 1.29 is 14.5 Å². The summed E-state index contributed by atoms with van der Waals surface area (Å²) in [6, 6.07) is 15.4. The predicted octanol–water partition coefficient (Wildman–Crippen LogP) is 3.57. The number of fused-ring (bicyclic) bond motifs is 1. The van der Waals surface area contributed by atoms with Crippen molar-refractivity contribution in [2.45, 2.75) is 0 Å². The molecule has 144 valence electrons. The third-order valence-electron chi connectivity index (χ3n) is 4.29. The van der Waals surface area contributed by atoms with Crippen molar-refractivity contribution in [1.82, 2.24) is 14.6 Å². The SMILES string of the molecule is COc1ccc([N+](=O)[O-])cc1NC(=O)c1cnc2cc(-c3ccccc3)nn2c1. The fourth-order valence-corrected chi connectivity index (χ4v) is 2.85. The number of carbonyl (C=O) groups is 1. The van der Waals surface area contributed by atoms with Crippen LogP contribution in [0.25, 0.3) is 16.9 Å². The van der Waals surface area contributed by atoms with Gasteiger partial charge in [0.25, 0.3) is 11.6 Å². The van der Waals surface area contributed by atoms with Crippen LogP contribution in [0.1, 0.15) is 10.4 Å². The molecule has 0 atom stereocenters. The highest BCUT2D eigenvalue weighted by molar-refractivity contribution is 6.05. The molecule has 1 N–H and O–H groups in total. The van der Waals surface area contributed by atoms with E-state index in [4.69, 9.17) is 4.74 Å². The minimum Gasteiger partial charge on any atom is -0.495 e. The molecule has 0 unspecified atom stereocenters. The largest absolute Gasteiger partial charge is 0.495 e. The zero-order valence-electron chi connectivity index (χ0n) is 15.3. The van der Waals surface area contributed by atoms with Crippen LogP contribution in [0.3, 0.4) is 0 Å². The lowest BCUT2D eigenvalue weighted by Crippen LogP contribution is -2.14. The van der Waals surface area contributed by atoms with E-state index in [1.54, 1.807) is 6.20 Å².